The molecule has 0 unspecified atom stereocenters. The van der Waals surface area contributed by atoms with Crippen LogP contribution in [0.2, 0.25) is 0 Å². The second-order valence-corrected chi connectivity index (χ2v) is 6.30. The Hall–Kier alpha value is -4.01. The summed E-state index contributed by atoms with van der Waals surface area (Å²) in [6, 6.07) is 9.53. The lowest BCUT2D eigenvalue weighted by Gasteiger charge is -2.09. The van der Waals surface area contributed by atoms with Crippen LogP contribution in [0.1, 0.15) is 5.56 Å². The summed E-state index contributed by atoms with van der Waals surface area (Å²) in [5.74, 6) is -2.15. The molecule has 0 saturated heterocycles. The number of H-pyrrole nitrogens is 1. The van der Waals surface area contributed by atoms with E-state index >= 15 is 0 Å². The third kappa shape index (κ3) is 2.83. The summed E-state index contributed by atoms with van der Waals surface area (Å²) < 4.78 is 43.6. The van der Waals surface area contributed by atoms with Crippen molar-refractivity contribution in [3.8, 4) is 22.5 Å². The van der Waals surface area contributed by atoms with Crippen molar-refractivity contribution in [2.24, 2.45) is 4.99 Å². The molecule has 29 heavy (non-hydrogen) atoms. The number of nitrogens with one attached hydrogen (secondary N) is 2. The maximum atomic E-state index is 14.9. The highest BCUT2D eigenvalue weighted by Gasteiger charge is 2.24. The maximum Gasteiger partial charge on any atom is 0.144 e. The quantitative estimate of drug-likeness (QED) is 0.528. The maximum absolute atomic E-state index is 14.9. The predicted molar refractivity (Wildman–Crippen MR) is 101 cm³/mol. The van der Waals surface area contributed by atoms with E-state index in [2.05, 4.69) is 30.7 Å². The van der Waals surface area contributed by atoms with Crippen LogP contribution in [0.5, 0.6) is 0 Å². The van der Waals surface area contributed by atoms with E-state index in [1.165, 1.54) is 30.6 Å². The van der Waals surface area contributed by atoms with E-state index in [-0.39, 0.29) is 17.0 Å². The number of aliphatic imine (C=N–C) groups is 1. The lowest BCUT2D eigenvalue weighted by molar-refractivity contribution is 0.579. The number of hydrogen-bond acceptors (Lipinski definition) is 5. The molecule has 2 aromatic carbocycles. The lowest BCUT2D eigenvalue weighted by atomic mass is 10.0. The molecule has 9 heteroatoms. The van der Waals surface area contributed by atoms with Crippen LogP contribution in [0, 0.1) is 17.5 Å². The van der Waals surface area contributed by atoms with E-state index in [4.69, 9.17) is 0 Å². The third-order valence-electron chi connectivity index (χ3n) is 4.53. The van der Waals surface area contributed by atoms with Gasteiger partial charge in [-0.05, 0) is 36.4 Å². The largest absolute Gasteiger partial charge is 0.336 e. The summed E-state index contributed by atoms with van der Waals surface area (Å²) >= 11 is 0. The molecule has 1 aliphatic rings. The Bertz CT molecular complexity index is 1250. The van der Waals surface area contributed by atoms with Crippen molar-refractivity contribution in [2.45, 2.75) is 0 Å². The number of hydrogen-bond donors (Lipinski definition) is 2. The zero-order valence-electron chi connectivity index (χ0n) is 14.6. The number of aromatic amines is 1. The highest BCUT2D eigenvalue weighted by molar-refractivity contribution is 6.13. The van der Waals surface area contributed by atoms with Crippen LogP contribution in [0.15, 0.2) is 59.9 Å². The van der Waals surface area contributed by atoms with E-state index in [0.29, 0.717) is 28.3 Å². The van der Waals surface area contributed by atoms with Gasteiger partial charge in [0.2, 0.25) is 0 Å². The van der Waals surface area contributed by atoms with E-state index in [1.807, 2.05) is 0 Å². The van der Waals surface area contributed by atoms with Gasteiger partial charge >= 0.3 is 0 Å². The third-order valence-corrected chi connectivity index (χ3v) is 4.53. The summed E-state index contributed by atoms with van der Waals surface area (Å²) in [4.78, 5) is 4.41. The van der Waals surface area contributed by atoms with E-state index < -0.39 is 17.5 Å². The molecular formula is C20H11F3N6. The standard InChI is InChI=1S/C20H11F3N6/c21-12-3-1-4-13(22)18(12)20-26-16-8-10(15-5-2-6-24-28-15)14(23)7-11(16)19-17(27-20)9-25-29-19/h1-9H,(H,25,29)(H,26,27). The first kappa shape index (κ1) is 17.1. The van der Waals surface area contributed by atoms with Gasteiger partial charge in [-0.25, -0.2) is 18.2 Å². The zero-order chi connectivity index (χ0) is 20.0. The summed E-state index contributed by atoms with van der Waals surface area (Å²) in [5, 5.41) is 17.3. The summed E-state index contributed by atoms with van der Waals surface area (Å²) in [6.07, 6.45) is 2.91. The van der Waals surface area contributed by atoms with Gasteiger partial charge in [0.25, 0.3) is 0 Å². The zero-order valence-corrected chi connectivity index (χ0v) is 14.6. The predicted octanol–water partition coefficient (Wildman–Crippen LogP) is 4.45. The Morgan fingerprint density at radius 1 is 0.862 bits per heavy atom. The fourth-order valence-corrected chi connectivity index (χ4v) is 3.20. The van der Waals surface area contributed by atoms with Gasteiger partial charge < -0.3 is 5.32 Å². The molecule has 0 aliphatic carbocycles. The van der Waals surface area contributed by atoms with Gasteiger partial charge in [-0.3, -0.25) is 5.10 Å². The molecule has 5 rings (SSSR count). The van der Waals surface area contributed by atoms with Gasteiger partial charge in [0.15, 0.2) is 0 Å². The molecule has 4 aromatic rings. The van der Waals surface area contributed by atoms with Crippen molar-refractivity contribution >= 4 is 17.2 Å². The molecule has 0 amide bonds. The summed E-state index contributed by atoms with van der Waals surface area (Å²) in [6.45, 7) is 0. The first-order valence-electron chi connectivity index (χ1n) is 8.57. The minimum Gasteiger partial charge on any atom is -0.336 e. The number of nitrogens with zero attached hydrogens (tertiary/aromatic N) is 4. The molecule has 6 nitrogen and oxygen atoms in total. The average Bonchev–Trinajstić information content (AvgIpc) is 3.12. The number of aromatic nitrogens is 4. The second-order valence-electron chi connectivity index (χ2n) is 6.30. The van der Waals surface area contributed by atoms with Crippen LogP contribution in [0.25, 0.3) is 22.5 Å². The Kier molecular flexibility index (Phi) is 3.87. The SMILES string of the molecule is Fc1cc2c(cc1-c1cccnn1)N=C(c1c(F)cccc1F)Nc1cn[nH]c1-2. The number of rotatable bonds is 2. The first-order valence-corrected chi connectivity index (χ1v) is 8.57. The Balaban J connectivity index is 1.78. The monoisotopic (exact) mass is 392 g/mol. The second kappa shape index (κ2) is 6.55. The fraction of sp³-hybridized carbons (Fsp3) is 0. The van der Waals surface area contributed by atoms with Crippen molar-refractivity contribution in [3.05, 3.63) is 77.9 Å². The smallest absolute Gasteiger partial charge is 0.144 e. The van der Waals surface area contributed by atoms with Gasteiger partial charge in [-0.1, -0.05) is 6.07 Å². The number of halogens is 3. The van der Waals surface area contributed by atoms with Crippen LogP contribution in [-0.2, 0) is 0 Å². The molecular weight excluding hydrogens is 381 g/mol. The highest BCUT2D eigenvalue weighted by Crippen LogP contribution is 2.40. The van der Waals surface area contributed by atoms with Crippen LogP contribution in [0.3, 0.4) is 0 Å². The molecule has 0 saturated carbocycles. The van der Waals surface area contributed by atoms with Crippen molar-refractivity contribution in [3.63, 3.8) is 0 Å². The number of benzene rings is 2. The normalized spacial score (nSPS) is 12.4. The van der Waals surface area contributed by atoms with Crippen LogP contribution < -0.4 is 5.32 Å². The number of amidine groups is 1. The Labute approximate surface area is 162 Å². The molecule has 1 aliphatic heterocycles. The van der Waals surface area contributed by atoms with Crippen LogP contribution >= 0.6 is 0 Å². The number of anilines is 1. The van der Waals surface area contributed by atoms with E-state index in [1.54, 1.807) is 12.1 Å². The molecule has 3 heterocycles. The molecule has 0 fully saturated rings. The van der Waals surface area contributed by atoms with Gasteiger partial charge in [-0.15, -0.1) is 0 Å². The minimum atomic E-state index is -0.777. The van der Waals surface area contributed by atoms with Gasteiger partial charge in [0, 0.05) is 17.3 Å². The molecule has 2 N–H and O–H groups in total. The summed E-state index contributed by atoms with van der Waals surface area (Å²) in [7, 11) is 0. The van der Waals surface area contributed by atoms with Crippen molar-refractivity contribution in [1.82, 2.24) is 20.4 Å². The Morgan fingerprint density at radius 2 is 1.69 bits per heavy atom. The molecule has 0 spiro atoms. The fourth-order valence-electron chi connectivity index (χ4n) is 3.20. The van der Waals surface area contributed by atoms with E-state index in [9.17, 15) is 13.2 Å². The lowest BCUT2D eigenvalue weighted by Crippen LogP contribution is -2.16. The Morgan fingerprint density at radius 3 is 2.45 bits per heavy atom. The van der Waals surface area contributed by atoms with Gasteiger partial charge in [0.05, 0.1) is 34.5 Å². The van der Waals surface area contributed by atoms with Crippen LogP contribution in [0.4, 0.5) is 24.5 Å². The molecule has 142 valence electrons. The van der Waals surface area contributed by atoms with E-state index in [0.717, 1.165) is 12.1 Å². The molecule has 2 aromatic heterocycles. The van der Waals surface area contributed by atoms with Crippen molar-refractivity contribution in [1.29, 1.82) is 0 Å². The van der Waals surface area contributed by atoms with Gasteiger partial charge in [-0.2, -0.15) is 15.3 Å². The molecule has 0 atom stereocenters. The molecule has 0 radical (unpaired) electrons. The molecule has 0 bridgehead atoms. The summed E-state index contributed by atoms with van der Waals surface area (Å²) in [5.41, 5.74) is 1.69. The number of fused-ring (bicyclic) bond motifs is 3. The van der Waals surface area contributed by atoms with Crippen molar-refractivity contribution < 1.29 is 13.2 Å². The minimum absolute atomic E-state index is 0.0568. The van der Waals surface area contributed by atoms with Crippen LogP contribution in [-0.4, -0.2) is 26.2 Å². The van der Waals surface area contributed by atoms with Gasteiger partial charge in [0.1, 0.15) is 23.3 Å². The van der Waals surface area contributed by atoms with Crippen molar-refractivity contribution in [2.75, 3.05) is 5.32 Å². The topological polar surface area (TPSA) is 78.8 Å². The first-order chi connectivity index (χ1) is 14.1. The average molecular weight is 392 g/mol. The highest BCUT2D eigenvalue weighted by atomic mass is 19.1.